The summed E-state index contributed by atoms with van der Waals surface area (Å²) in [6.45, 7) is 1.92. The summed E-state index contributed by atoms with van der Waals surface area (Å²) in [5.74, 6) is 1.43. The molecule has 2 N–H and O–H groups in total. The first-order valence-electron chi connectivity index (χ1n) is 7.93. The van der Waals surface area contributed by atoms with Crippen LogP contribution in [0.15, 0.2) is 53.1 Å². The SMILES string of the molecule is Brc1ccc2nc(Nc3cccc(O[C@@H]4CCNC4)c3)ncc2c1. The van der Waals surface area contributed by atoms with Crippen LogP contribution < -0.4 is 15.4 Å². The summed E-state index contributed by atoms with van der Waals surface area (Å²) < 4.78 is 7.01. The second-order valence-electron chi connectivity index (χ2n) is 5.78. The van der Waals surface area contributed by atoms with Gasteiger partial charge in [-0.05, 0) is 43.3 Å². The van der Waals surface area contributed by atoms with E-state index in [1.165, 1.54) is 0 Å². The van der Waals surface area contributed by atoms with E-state index in [9.17, 15) is 0 Å². The molecule has 0 amide bonds. The van der Waals surface area contributed by atoms with E-state index in [0.717, 1.165) is 46.3 Å². The van der Waals surface area contributed by atoms with Crippen LogP contribution in [0.5, 0.6) is 5.75 Å². The number of hydrogen-bond acceptors (Lipinski definition) is 5. The highest BCUT2D eigenvalue weighted by Gasteiger charge is 2.15. The molecule has 1 atom stereocenters. The zero-order valence-electron chi connectivity index (χ0n) is 13.0. The van der Waals surface area contributed by atoms with E-state index in [1.807, 2.05) is 48.7 Å². The minimum atomic E-state index is 0.246. The summed E-state index contributed by atoms with van der Waals surface area (Å²) in [5, 5.41) is 7.55. The Labute approximate surface area is 148 Å². The van der Waals surface area contributed by atoms with Gasteiger partial charge in [0.25, 0.3) is 0 Å². The number of nitrogens with zero attached hydrogens (tertiary/aromatic N) is 2. The van der Waals surface area contributed by atoms with E-state index in [0.29, 0.717) is 5.95 Å². The summed E-state index contributed by atoms with van der Waals surface area (Å²) in [5.41, 5.74) is 1.81. The van der Waals surface area contributed by atoms with Crippen LogP contribution in [-0.2, 0) is 0 Å². The Balaban J connectivity index is 1.53. The molecular formula is C18H17BrN4O. The fourth-order valence-electron chi connectivity index (χ4n) is 2.76. The number of aromatic nitrogens is 2. The molecule has 4 rings (SSSR count). The molecule has 1 saturated heterocycles. The third-order valence-corrected chi connectivity index (χ3v) is 4.44. The standard InChI is InChI=1S/C18H17BrN4O/c19-13-4-5-17-12(8-13)10-21-18(23-17)22-14-2-1-3-15(9-14)24-16-6-7-20-11-16/h1-5,8-10,16,20H,6-7,11H2,(H,21,22,23)/t16-/m1/s1. The third-order valence-electron chi connectivity index (χ3n) is 3.95. The molecule has 0 spiro atoms. The van der Waals surface area contributed by atoms with E-state index in [2.05, 4.69) is 36.5 Å². The Bertz CT molecular complexity index is 865. The van der Waals surface area contributed by atoms with E-state index >= 15 is 0 Å². The van der Waals surface area contributed by atoms with Gasteiger partial charge in [0.05, 0.1) is 5.52 Å². The highest BCUT2D eigenvalue weighted by molar-refractivity contribution is 9.10. The van der Waals surface area contributed by atoms with Crippen molar-refractivity contribution >= 4 is 38.5 Å². The fraction of sp³-hybridized carbons (Fsp3) is 0.222. The molecule has 122 valence electrons. The Morgan fingerprint density at radius 2 is 2.17 bits per heavy atom. The minimum absolute atomic E-state index is 0.246. The molecule has 5 nitrogen and oxygen atoms in total. The maximum Gasteiger partial charge on any atom is 0.227 e. The lowest BCUT2D eigenvalue weighted by Gasteiger charge is -2.13. The number of benzene rings is 2. The van der Waals surface area contributed by atoms with Crippen LogP contribution >= 0.6 is 15.9 Å². The number of rotatable bonds is 4. The lowest BCUT2D eigenvalue weighted by Crippen LogP contribution is -2.19. The number of nitrogens with one attached hydrogen (secondary N) is 2. The first-order valence-corrected chi connectivity index (χ1v) is 8.72. The summed E-state index contributed by atoms with van der Waals surface area (Å²) >= 11 is 3.46. The number of anilines is 2. The largest absolute Gasteiger partial charge is 0.489 e. The van der Waals surface area contributed by atoms with Crippen molar-refractivity contribution in [3.63, 3.8) is 0 Å². The average Bonchev–Trinajstić information content (AvgIpc) is 3.08. The van der Waals surface area contributed by atoms with Crippen molar-refractivity contribution in [3.8, 4) is 5.75 Å². The monoisotopic (exact) mass is 384 g/mol. The second-order valence-corrected chi connectivity index (χ2v) is 6.70. The van der Waals surface area contributed by atoms with Crippen LogP contribution in [0.2, 0.25) is 0 Å². The molecule has 2 aromatic carbocycles. The molecule has 2 heterocycles. The summed E-state index contributed by atoms with van der Waals surface area (Å²) in [6, 6.07) is 13.9. The quantitative estimate of drug-likeness (QED) is 0.714. The van der Waals surface area contributed by atoms with Crippen molar-refractivity contribution in [2.45, 2.75) is 12.5 Å². The Kier molecular flexibility index (Phi) is 4.32. The van der Waals surface area contributed by atoms with Crippen molar-refractivity contribution in [2.24, 2.45) is 0 Å². The maximum absolute atomic E-state index is 5.99. The number of ether oxygens (including phenoxy) is 1. The number of hydrogen-bond donors (Lipinski definition) is 2. The Morgan fingerprint density at radius 1 is 1.21 bits per heavy atom. The van der Waals surface area contributed by atoms with Crippen molar-refractivity contribution in [2.75, 3.05) is 18.4 Å². The van der Waals surface area contributed by atoms with Gasteiger partial charge in [-0.25, -0.2) is 9.97 Å². The first kappa shape index (κ1) is 15.4. The molecule has 1 aromatic heterocycles. The molecular weight excluding hydrogens is 368 g/mol. The predicted octanol–water partition coefficient (Wildman–Crippen LogP) is 3.88. The summed E-state index contributed by atoms with van der Waals surface area (Å²) in [6.07, 6.45) is 3.11. The maximum atomic E-state index is 5.99. The topological polar surface area (TPSA) is 59.1 Å². The highest BCUT2D eigenvalue weighted by Crippen LogP contribution is 2.23. The first-order chi connectivity index (χ1) is 11.8. The second kappa shape index (κ2) is 6.75. The van der Waals surface area contributed by atoms with Gasteiger partial charge in [0.15, 0.2) is 0 Å². The van der Waals surface area contributed by atoms with Gasteiger partial charge in [-0.3, -0.25) is 0 Å². The van der Waals surface area contributed by atoms with Crippen molar-refractivity contribution in [1.29, 1.82) is 0 Å². The molecule has 0 aliphatic carbocycles. The van der Waals surface area contributed by atoms with Gasteiger partial charge in [0.1, 0.15) is 11.9 Å². The van der Waals surface area contributed by atoms with Crippen LogP contribution in [0.3, 0.4) is 0 Å². The molecule has 3 aromatic rings. The van der Waals surface area contributed by atoms with Gasteiger partial charge in [0, 0.05) is 34.4 Å². The minimum Gasteiger partial charge on any atom is -0.489 e. The van der Waals surface area contributed by atoms with E-state index in [1.54, 1.807) is 0 Å². The number of fused-ring (bicyclic) bond motifs is 1. The Morgan fingerprint density at radius 3 is 3.04 bits per heavy atom. The average molecular weight is 385 g/mol. The van der Waals surface area contributed by atoms with Gasteiger partial charge in [-0.15, -0.1) is 0 Å². The van der Waals surface area contributed by atoms with Crippen LogP contribution in [0.25, 0.3) is 10.9 Å². The molecule has 0 bridgehead atoms. The molecule has 24 heavy (non-hydrogen) atoms. The zero-order chi connectivity index (χ0) is 16.4. The summed E-state index contributed by atoms with van der Waals surface area (Å²) in [4.78, 5) is 8.93. The van der Waals surface area contributed by atoms with Crippen LogP contribution in [0, 0.1) is 0 Å². The molecule has 0 unspecified atom stereocenters. The van der Waals surface area contributed by atoms with Gasteiger partial charge in [0.2, 0.25) is 5.95 Å². The molecule has 1 aliphatic rings. The lowest BCUT2D eigenvalue weighted by atomic mass is 10.2. The molecule has 0 radical (unpaired) electrons. The van der Waals surface area contributed by atoms with Gasteiger partial charge in [-0.1, -0.05) is 22.0 Å². The fourth-order valence-corrected chi connectivity index (χ4v) is 3.14. The van der Waals surface area contributed by atoms with E-state index in [4.69, 9.17) is 4.74 Å². The van der Waals surface area contributed by atoms with E-state index < -0.39 is 0 Å². The van der Waals surface area contributed by atoms with Gasteiger partial charge >= 0.3 is 0 Å². The number of halogens is 1. The zero-order valence-corrected chi connectivity index (χ0v) is 14.6. The van der Waals surface area contributed by atoms with Crippen molar-refractivity contribution in [3.05, 3.63) is 53.1 Å². The third kappa shape index (κ3) is 3.49. The molecule has 0 saturated carbocycles. The van der Waals surface area contributed by atoms with Crippen molar-refractivity contribution < 1.29 is 4.74 Å². The van der Waals surface area contributed by atoms with Gasteiger partial charge in [-0.2, -0.15) is 0 Å². The normalized spacial score (nSPS) is 17.1. The van der Waals surface area contributed by atoms with Crippen LogP contribution in [0.1, 0.15) is 6.42 Å². The molecule has 1 fully saturated rings. The molecule has 1 aliphatic heterocycles. The predicted molar refractivity (Wildman–Crippen MR) is 98.9 cm³/mol. The van der Waals surface area contributed by atoms with Crippen LogP contribution in [-0.4, -0.2) is 29.2 Å². The van der Waals surface area contributed by atoms with Crippen LogP contribution in [0.4, 0.5) is 11.6 Å². The highest BCUT2D eigenvalue weighted by atomic mass is 79.9. The summed E-state index contributed by atoms with van der Waals surface area (Å²) in [7, 11) is 0. The van der Waals surface area contributed by atoms with E-state index in [-0.39, 0.29) is 6.10 Å². The Hall–Kier alpha value is -2.18. The smallest absolute Gasteiger partial charge is 0.227 e. The molecule has 6 heteroatoms. The lowest BCUT2D eigenvalue weighted by molar-refractivity contribution is 0.223. The van der Waals surface area contributed by atoms with Gasteiger partial charge < -0.3 is 15.4 Å². The van der Waals surface area contributed by atoms with Crippen molar-refractivity contribution in [1.82, 2.24) is 15.3 Å².